The molecule has 0 saturated heterocycles. The maximum absolute atomic E-state index is 12.0. The molecular weight excluding hydrogens is 310 g/mol. The van der Waals surface area contributed by atoms with Crippen LogP contribution in [0.25, 0.3) is 0 Å². The maximum Gasteiger partial charge on any atom is 0.283 e. The number of hydrogen-bond acceptors (Lipinski definition) is 4. The van der Waals surface area contributed by atoms with Crippen LogP contribution in [0.3, 0.4) is 0 Å². The summed E-state index contributed by atoms with van der Waals surface area (Å²) >= 11 is 3.33. The van der Waals surface area contributed by atoms with E-state index in [0.29, 0.717) is 29.5 Å². The van der Waals surface area contributed by atoms with Crippen LogP contribution in [0.2, 0.25) is 0 Å². The van der Waals surface area contributed by atoms with Crippen LogP contribution >= 0.6 is 15.9 Å². The molecule has 19 heavy (non-hydrogen) atoms. The topological polar surface area (TPSA) is 56.1 Å². The third-order valence-electron chi connectivity index (χ3n) is 3.24. The van der Waals surface area contributed by atoms with Crippen molar-refractivity contribution in [3.63, 3.8) is 0 Å². The highest BCUT2D eigenvalue weighted by atomic mass is 79.9. The van der Waals surface area contributed by atoms with Crippen molar-refractivity contribution in [3.8, 4) is 0 Å². The van der Waals surface area contributed by atoms with Crippen molar-refractivity contribution < 1.29 is 4.74 Å². The summed E-state index contributed by atoms with van der Waals surface area (Å²) in [6, 6.07) is 0. The van der Waals surface area contributed by atoms with Gasteiger partial charge in [-0.2, -0.15) is 5.10 Å². The average Bonchev–Trinajstić information content (AvgIpc) is 2.38. The van der Waals surface area contributed by atoms with Crippen LogP contribution in [0.5, 0.6) is 0 Å². The molecule has 0 saturated carbocycles. The van der Waals surface area contributed by atoms with Crippen molar-refractivity contribution in [2.45, 2.75) is 27.3 Å². The molecule has 1 aromatic rings. The van der Waals surface area contributed by atoms with Crippen LogP contribution in [0.4, 0.5) is 5.69 Å². The zero-order chi connectivity index (χ0) is 14.4. The molecule has 1 heterocycles. The zero-order valence-corrected chi connectivity index (χ0v) is 13.5. The monoisotopic (exact) mass is 331 g/mol. The molecular formula is C13H22BrN3O2. The molecule has 0 fully saturated rings. The molecule has 1 rings (SSSR count). The molecule has 1 atom stereocenters. The first kappa shape index (κ1) is 16.2. The number of hydrogen-bond donors (Lipinski definition) is 1. The second-order valence-corrected chi connectivity index (χ2v) is 5.79. The second kappa shape index (κ2) is 7.65. The molecule has 6 heteroatoms. The van der Waals surface area contributed by atoms with E-state index in [4.69, 9.17) is 4.74 Å². The maximum atomic E-state index is 12.0. The Kier molecular flexibility index (Phi) is 6.51. The molecule has 0 bridgehead atoms. The molecule has 5 nitrogen and oxygen atoms in total. The third-order valence-corrected chi connectivity index (χ3v) is 4.01. The van der Waals surface area contributed by atoms with Crippen LogP contribution in [0.1, 0.15) is 20.8 Å². The van der Waals surface area contributed by atoms with E-state index < -0.39 is 0 Å². The Bertz CT molecular complexity index is 460. The molecule has 0 aliphatic rings. The average molecular weight is 332 g/mol. The molecule has 0 radical (unpaired) electrons. The first-order valence-corrected chi connectivity index (χ1v) is 7.25. The Morgan fingerprint density at radius 1 is 1.47 bits per heavy atom. The van der Waals surface area contributed by atoms with Crippen molar-refractivity contribution in [2.75, 3.05) is 25.6 Å². The number of halogens is 1. The van der Waals surface area contributed by atoms with Crippen LogP contribution < -0.4 is 10.9 Å². The SMILES string of the molecule is COCCn1ncc(NCC(C)C(C)C)c(Br)c1=O. The predicted molar refractivity (Wildman–Crippen MR) is 80.6 cm³/mol. The van der Waals surface area contributed by atoms with Crippen molar-refractivity contribution in [3.05, 3.63) is 21.0 Å². The van der Waals surface area contributed by atoms with E-state index >= 15 is 0 Å². The van der Waals surface area contributed by atoms with E-state index in [9.17, 15) is 4.79 Å². The number of nitrogens with zero attached hydrogens (tertiary/aromatic N) is 2. The van der Waals surface area contributed by atoms with Gasteiger partial charge in [-0.3, -0.25) is 4.79 Å². The summed E-state index contributed by atoms with van der Waals surface area (Å²) in [5.41, 5.74) is 0.602. The molecule has 1 N–H and O–H groups in total. The summed E-state index contributed by atoms with van der Waals surface area (Å²) in [5, 5.41) is 7.40. The molecule has 0 aliphatic carbocycles. The van der Waals surface area contributed by atoms with Gasteiger partial charge in [0.15, 0.2) is 0 Å². The highest BCUT2D eigenvalue weighted by molar-refractivity contribution is 9.10. The number of methoxy groups -OCH3 is 1. The lowest BCUT2D eigenvalue weighted by Crippen LogP contribution is -2.27. The van der Waals surface area contributed by atoms with Crippen LogP contribution in [-0.2, 0) is 11.3 Å². The van der Waals surface area contributed by atoms with E-state index in [1.807, 2.05) is 0 Å². The zero-order valence-electron chi connectivity index (χ0n) is 11.9. The van der Waals surface area contributed by atoms with Gasteiger partial charge in [-0.15, -0.1) is 0 Å². The fraction of sp³-hybridized carbons (Fsp3) is 0.692. The third kappa shape index (κ3) is 4.62. The van der Waals surface area contributed by atoms with Crippen molar-refractivity contribution in [1.82, 2.24) is 9.78 Å². The van der Waals surface area contributed by atoms with Gasteiger partial charge in [-0.1, -0.05) is 20.8 Å². The van der Waals surface area contributed by atoms with Gasteiger partial charge in [0, 0.05) is 13.7 Å². The summed E-state index contributed by atoms with van der Waals surface area (Å²) in [7, 11) is 1.60. The van der Waals surface area contributed by atoms with E-state index in [1.54, 1.807) is 13.3 Å². The van der Waals surface area contributed by atoms with Gasteiger partial charge in [-0.25, -0.2) is 4.68 Å². The second-order valence-electron chi connectivity index (χ2n) is 5.00. The quantitative estimate of drug-likeness (QED) is 0.833. The molecule has 0 amide bonds. The van der Waals surface area contributed by atoms with Crippen molar-refractivity contribution in [1.29, 1.82) is 0 Å². The Labute approximate surface area is 122 Å². The number of nitrogens with one attached hydrogen (secondary N) is 1. The number of ether oxygens (including phenoxy) is 1. The highest BCUT2D eigenvalue weighted by Gasteiger charge is 2.11. The Morgan fingerprint density at radius 2 is 2.16 bits per heavy atom. The van der Waals surface area contributed by atoms with Crippen LogP contribution in [0, 0.1) is 11.8 Å². The Morgan fingerprint density at radius 3 is 2.74 bits per heavy atom. The van der Waals surface area contributed by atoms with Gasteiger partial charge in [0.25, 0.3) is 5.56 Å². The van der Waals surface area contributed by atoms with Crippen molar-refractivity contribution >= 4 is 21.6 Å². The minimum Gasteiger partial charge on any atom is -0.383 e. The van der Waals surface area contributed by atoms with E-state index in [0.717, 1.165) is 12.2 Å². The summed E-state index contributed by atoms with van der Waals surface area (Å²) in [5.74, 6) is 1.13. The first-order chi connectivity index (χ1) is 8.97. The van der Waals surface area contributed by atoms with E-state index in [-0.39, 0.29) is 5.56 Å². The molecule has 108 valence electrons. The lowest BCUT2D eigenvalue weighted by Gasteiger charge is -2.17. The lowest BCUT2D eigenvalue weighted by atomic mass is 9.98. The summed E-state index contributed by atoms with van der Waals surface area (Å²) in [6.45, 7) is 8.29. The number of rotatable bonds is 7. The summed E-state index contributed by atoms with van der Waals surface area (Å²) in [4.78, 5) is 12.0. The van der Waals surface area contributed by atoms with Gasteiger partial charge in [0.05, 0.1) is 25.0 Å². The van der Waals surface area contributed by atoms with Gasteiger partial charge >= 0.3 is 0 Å². The Balaban J connectivity index is 2.76. The summed E-state index contributed by atoms with van der Waals surface area (Å²) < 4.78 is 6.86. The molecule has 0 aromatic carbocycles. The fourth-order valence-electron chi connectivity index (χ4n) is 1.43. The summed E-state index contributed by atoms with van der Waals surface area (Å²) in [6.07, 6.45) is 1.67. The normalized spacial score (nSPS) is 12.7. The largest absolute Gasteiger partial charge is 0.383 e. The van der Waals surface area contributed by atoms with Gasteiger partial charge in [-0.05, 0) is 27.8 Å². The fourth-order valence-corrected chi connectivity index (χ4v) is 1.88. The molecule has 1 aromatic heterocycles. The van der Waals surface area contributed by atoms with Crippen LogP contribution in [0.15, 0.2) is 15.5 Å². The molecule has 0 spiro atoms. The standard InChI is InChI=1S/C13H22BrN3O2/c1-9(2)10(3)7-15-11-8-16-17(5-6-19-4)13(18)12(11)14/h8-10,15H,5-7H2,1-4H3. The minimum absolute atomic E-state index is 0.140. The highest BCUT2D eigenvalue weighted by Crippen LogP contribution is 2.18. The van der Waals surface area contributed by atoms with Gasteiger partial charge in [0.1, 0.15) is 4.47 Å². The smallest absolute Gasteiger partial charge is 0.283 e. The number of anilines is 1. The molecule has 1 unspecified atom stereocenters. The first-order valence-electron chi connectivity index (χ1n) is 6.45. The van der Waals surface area contributed by atoms with Gasteiger partial charge < -0.3 is 10.1 Å². The molecule has 0 aliphatic heterocycles. The lowest BCUT2D eigenvalue weighted by molar-refractivity contribution is 0.181. The van der Waals surface area contributed by atoms with Crippen LogP contribution in [-0.4, -0.2) is 30.0 Å². The van der Waals surface area contributed by atoms with E-state index in [1.165, 1.54) is 4.68 Å². The van der Waals surface area contributed by atoms with E-state index in [2.05, 4.69) is 47.1 Å². The van der Waals surface area contributed by atoms with Gasteiger partial charge in [0.2, 0.25) is 0 Å². The van der Waals surface area contributed by atoms with Crippen molar-refractivity contribution in [2.24, 2.45) is 11.8 Å². The predicted octanol–water partition coefficient (Wildman–Crippen LogP) is 2.36. The number of aromatic nitrogens is 2. The Hall–Kier alpha value is -0.880. The minimum atomic E-state index is -0.140.